The summed E-state index contributed by atoms with van der Waals surface area (Å²) < 4.78 is 23.2. The highest BCUT2D eigenvalue weighted by atomic mass is 35.5. The first kappa shape index (κ1) is 17.3. The number of rotatable bonds is 4. The fourth-order valence-corrected chi connectivity index (χ4v) is 4.82. The number of aromatic nitrogens is 2. The molecule has 2 heterocycles. The van der Waals surface area contributed by atoms with Crippen molar-refractivity contribution in [1.29, 1.82) is 0 Å². The summed E-state index contributed by atoms with van der Waals surface area (Å²) in [5.41, 5.74) is 1.73. The van der Waals surface area contributed by atoms with Crippen LogP contribution in [0.15, 0.2) is 36.7 Å². The van der Waals surface area contributed by atoms with Gasteiger partial charge in [0.1, 0.15) is 0 Å². The zero-order valence-corrected chi connectivity index (χ0v) is 14.7. The molecule has 0 radical (unpaired) electrons. The van der Waals surface area contributed by atoms with Gasteiger partial charge in [-0.25, -0.2) is 18.4 Å². The number of aliphatic hydroxyl groups is 1. The number of hydrogen-bond acceptors (Lipinski definition) is 6. The number of halogens is 1. The molecule has 0 bridgehead atoms. The van der Waals surface area contributed by atoms with Crippen LogP contribution in [0.5, 0.6) is 0 Å². The Kier molecular flexibility index (Phi) is 4.87. The highest BCUT2D eigenvalue weighted by Crippen LogP contribution is 2.20. The van der Waals surface area contributed by atoms with Crippen molar-refractivity contribution >= 4 is 21.4 Å². The van der Waals surface area contributed by atoms with Crippen LogP contribution in [0.2, 0.25) is 5.02 Å². The lowest BCUT2D eigenvalue weighted by Crippen LogP contribution is -2.40. The van der Waals surface area contributed by atoms with Gasteiger partial charge in [-0.2, -0.15) is 0 Å². The second-order valence-corrected chi connectivity index (χ2v) is 8.64. The van der Waals surface area contributed by atoms with Gasteiger partial charge in [-0.3, -0.25) is 4.90 Å². The Labute approximate surface area is 146 Å². The van der Waals surface area contributed by atoms with Crippen molar-refractivity contribution in [2.75, 3.05) is 18.6 Å². The maximum Gasteiger partial charge on any atom is 0.159 e. The van der Waals surface area contributed by atoms with E-state index in [1.807, 2.05) is 17.0 Å². The van der Waals surface area contributed by atoms with E-state index in [0.29, 0.717) is 17.4 Å². The molecule has 0 aliphatic carbocycles. The first-order valence-electron chi connectivity index (χ1n) is 7.50. The number of hydrogen-bond donors (Lipinski definition) is 1. The predicted molar refractivity (Wildman–Crippen MR) is 92.4 cm³/mol. The Hall–Kier alpha value is -1.54. The molecule has 128 valence electrons. The first-order chi connectivity index (χ1) is 11.3. The highest BCUT2D eigenvalue weighted by Gasteiger charge is 2.38. The minimum Gasteiger partial charge on any atom is -0.390 e. The molecule has 0 spiro atoms. The summed E-state index contributed by atoms with van der Waals surface area (Å²) in [6, 6.07) is 6.87. The van der Waals surface area contributed by atoms with Gasteiger partial charge in [-0.05, 0) is 31.3 Å². The molecule has 0 unspecified atom stereocenters. The van der Waals surface area contributed by atoms with Crippen LogP contribution in [0.1, 0.15) is 5.56 Å². The summed E-state index contributed by atoms with van der Waals surface area (Å²) in [6.45, 7) is 0.470. The number of sulfone groups is 1. The molecule has 1 fully saturated rings. The number of likely N-dealkylation sites (N-methyl/N-ethyl adjacent to an activating group) is 1. The quantitative estimate of drug-likeness (QED) is 0.879. The Balaban J connectivity index is 1.69. The van der Waals surface area contributed by atoms with Gasteiger partial charge in [0.25, 0.3) is 0 Å². The molecule has 2 atom stereocenters. The monoisotopic (exact) mass is 367 g/mol. The fraction of sp³-hybridized carbons (Fsp3) is 0.375. The van der Waals surface area contributed by atoms with Crippen LogP contribution in [0.3, 0.4) is 0 Å². The molecule has 1 aliphatic rings. The lowest BCUT2D eigenvalue weighted by atomic mass is 10.1. The van der Waals surface area contributed by atoms with Gasteiger partial charge in [0.2, 0.25) is 0 Å². The summed E-state index contributed by atoms with van der Waals surface area (Å²) in [5, 5.41) is 10.6. The topological polar surface area (TPSA) is 83.4 Å². The molecule has 1 saturated heterocycles. The molecule has 1 aromatic carbocycles. The normalized spacial score (nSPS) is 22.8. The van der Waals surface area contributed by atoms with E-state index in [2.05, 4.69) is 9.97 Å². The summed E-state index contributed by atoms with van der Waals surface area (Å²) in [4.78, 5) is 10.5. The maximum atomic E-state index is 11.6. The van der Waals surface area contributed by atoms with E-state index in [4.69, 9.17) is 11.6 Å². The molecular weight excluding hydrogens is 350 g/mol. The van der Waals surface area contributed by atoms with E-state index >= 15 is 0 Å². The van der Waals surface area contributed by atoms with Gasteiger partial charge in [0, 0.05) is 35.1 Å². The third kappa shape index (κ3) is 3.92. The summed E-state index contributed by atoms with van der Waals surface area (Å²) >= 11 is 5.87. The number of aliphatic hydroxyl groups excluding tert-OH is 1. The maximum absolute atomic E-state index is 11.6. The van der Waals surface area contributed by atoms with Crippen LogP contribution in [-0.4, -0.2) is 59.1 Å². The van der Waals surface area contributed by atoms with E-state index in [1.54, 1.807) is 31.6 Å². The number of benzene rings is 1. The SMILES string of the molecule is CN(Cc1cnc(-c2ccc(Cl)cc2)nc1)[C@@H]1CS(=O)(=O)C[C@H]1O. The average Bonchev–Trinajstić information content (AvgIpc) is 2.82. The van der Waals surface area contributed by atoms with Crippen molar-refractivity contribution in [2.45, 2.75) is 18.7 Å². The minimum absolute atomic E-state index is 0.0195. The Morgan fingerprint density at radius 3 is 2.38 bits per heavy atom. The first-order valence-corrected chi connectivity index (χ1v) is 9.69. The van der Waals surface area contributed by atoms with Gasteiger partial charge in [-0.15, -0.1) is 0 Å². The van der Waals surface area contributed by atoms with E-state index < -0.39 is 22.0 Å². The molecule has 3 rings (SSSR count). The Bertz CT molecular complexity index is 809. The molecule has 1 aliphatic heterocycles. The third-order valence-electron chi connectivity index (χ3n) is 4.10. The summed E-state index contributed by atoms with van der Waals surface area (Å²) in [7, 11) is -1.37. The molecule has 0 amide bonds. The standard InChI is InChI=1S/C16H18ClN3O3S/c1-20(14-9-24(22,23)10-15(14)21)8-11-6-18-16(19-7-11)12-2-4-13(17)5-3-12/h2-7,14-15,21H,8-10H2,1H3/t14-,15-/m1/s1. The van der Waals surface area contributed by atoms with Crippen molar-refractivity contribution in [1.82, 2.24) is 14.9 Å². The fourth-order valence-electron chi connectivity index (χ4n) is 2.82. The van der Waals surface area contributed by atoms with Crippen LogP contribution in [0.25, 0.3) is 11.4 Å². The van der Waals surface area contributed by atoms with Gasteiger partial charge in [0.15, 0.2) is 15.7 Å². The molecule has 6 nitrogen and oxygen atoms in total. The van der Waals surface area contributed by atoms with Crippen LogP contribution in [0, 0.1) is 0 Å². The van der Waals surface area contributed by atoms with E-state index in [-0.39, 0.29) is 11.5 Å². The lowest BCUT2D eigenvalue weighted by Gasteiger charge is -2.25. The second kappa shape index (κ2) is 6.76. The van der Waals surface area contributed by atoms with Crippen LogP contribution >= 0.6 is 11.6 Å². The Morgan fingerprint density at radius 1 is 1.21 bits per heavy atom. The predicted octanol–water partition coefficient (Wildman–Crippen LogP) is 1.39. The van der Waals surface area contributed by atoms with Crippen LogP contribution in [0.4, 0.5) is 0 Å². The van der Waals surface area contributed by atoms with Crippen molar-refractivity contribution in [3.05, 3.63) is 47.2 Å². The highest BCUT2D eigenvalue weighted by molar-refractivity contribution is 7.91. The second-order valence-electron chi connectivity index (χ2n) is 6.05. The van der Waals surface area contributed by atoms with Gasteiger partial charge >= 0.3 is 0 Å². The van der Waals surface area contributed by atoms with Gasteiger partial charge in [0.05, 0.1) is 23.7 Å². The van der Waals surface area contributed by atoms with Crippen LogP contribution < -0.4 is 0 Å². The van der Waals surface area contributed by atoms with Crippen molar-refractivity contribution in [3.63, 3.8) is 0 Å². The molecular formula is C16H18ClN3O3S. The average molecular weight is 368 g/mol. The van der Waals surface area contributed by atoms with Crippen LogP contribution in [-0.2, 0) is 16.4 Å². The zero-order chi connectivity index (χ0) is 17.3. The van der Waals surface area contributed by atoms with Gasteiger partial charge in [-0.1, -0.05) is 11.6 Å². The molecule has 8 heteroatoms. The molecule has 1 N–H and O–H groups in total. The van der Waals surface area contributed by atoms with Crippen molar-refractivity contribution in [3.8, 4) is 11.4 Å². The Morgan fingerprint density at radius 2 is 1.83 bits per heavy atom. The largest absolute Gasteiger partial charge is 0.390 e. The van der Waals surface area contributed by atoms with E-state index in [1.165, 1.54) is 0 Å². The van der Waals surface area contributed by atoms with E-state index in [9.17, 15) is 13.5 Å². The number of nitrogens with zero attached hydrogens (tertiary/aromatic N) is 3. The summed E-state index contributed by atoms with van der Waals surface area (Å²) in [6.07, 6.45) is 2.57. The van der Waals surface area contributed by atoms with Crippen molar-refractivity contribution < 1.29 is 13.5 Å². The molecule has 1 aromatic heterocycles. The lowest BCUT2D eigenvalue weighted by molar-refractivity contribution is 0.0956. The molecule has 0 saturated carbocycles. The third-order valence-corrected chi connectivity index (χ3v) is 6.05. The smallest absolute Gasteiger partial charge is 0.159 e. The minimum atomic E-state index is -3.16. The van der Waals surface area contributed by atoms with E-state index in [0.717, 1.165) is 11.1 Å². The zero-order valence-electron chi connectivity index (χ0n) is 13.1. The molecule has 2 aromatic rings. The van der Waals surface area contributed by atoms with Gasteiger partial charge < -0.3 is 5.11 Å². The van der Waals surface area contributed by atoms with Crippen molar-refractivity contribution in [2.24, 2.45) is 0 Å². The summed E-state index contributed by atoms with van der Waals surface area (Å²) in [5.74, 6) is 0.407. The molecule has 24 heavy (non-hydrogen) atoms.